The Bertz CT molecular complexity index is 690. The minimum Gasteiger partial charge on any atom is -0.356 e. The summed E-state index contributed by atoms with van der Waals surface area (Å²) in [6, 6.07) is 8.49. The maximum Gasteiger partial charge on any atom is 0.225 e. The van der Waals surface area contributed by atoms with Crippen molar-refractivity contribution in [2.45, 2.75) is 32.2 Å². The van der Waals surface area contributed by atoms with Gasteiger partial charge in [0.15, 0.2) is 5.96 Å². The van der Waals surface area contributed by atoms with Gasteiger partial charge < -0.3 is 20.9 Å². The molecule has 0 saturated carbocycles. The van der Waals surface area contributed by atoms with E-state index in [1.807, 2.05) is 18.2 Å². The Morgan fingerprint density at radius 1 is 1.24 bits per heavy atom. The Morgan fingerprint density at radius 2 is 1.97 bits per heavy atom. The molecule has 2 atom stereocenters. The van der Waals surface area contributed by atoms with E-state index in [4.69, 9.17) is 0 Å². The van der Waals surface area contributed by atoms with Crippen molar-refractivity contribution in [2.75, 3.05) is 58.2 Å². The van der Waals surface area contributed by atoms with E-state index in [0.29, 0.717) is 19.0 Å². The number of aliphatic imine (C=N–C) groups is 1. The number of halogens is 1. The van der Waals surface area contributed by atoms with Gasteiger partial charge in [-0.2, -0.15) is 0 Å². The average Bonchev–Trinajstić information content (AvgIpc) is 2.73. The lowest BCUT2D eigenvalue weighted by molar-refractivity contribution is -0.116. The molecular formula is C21H35IN6O. The van der Waals surface area contributed by atoms with E-state index in [0.717, 1.165) is 50.9 Å². The van der Waals surface area contributed by atoms with Crippen LogP contribution in [0.3, 0.4) is 0 Å². The fraction of sp³-hybridized carbons (Fsp3) is 0.619. The predicted molar refractivity (Wildman–Crippen MR) is 130 cm³/mol. The highest BCUT2D eigenvalue weighted by molar-refractivity contribution is 14.0. The van der Waals surface area contributed by atoms with Crippen LogP contribution in [0.5, 0.6) is 0 Å². The van der Waals surface area contributed by atoms with E-state index < -0.39 is 0 Å². The number of hydrogen-bond acceptors (Lipinski definition) is 4. The molecule has 0 aliphatic carbocycles. The molecule has 0 aromatic heterocycles. The normalized spacial score (nSPS) is 21.6. The molecule has 0 radical (unpaired) electrons. The molecule has 3 rings (SSSR count). The highest BCUT2D eigenvalue weighted by atomic mass is 127. The van der Waals surface area contributed by atoms with Crippen molar-refractivity contribution in [1.29, 1.82) is 0 Å². The second-order valence-electron chi connectivity index (χ2n) is 7.69. The van der Waals surface area contributed by atoms with Gasteiger partial charge in [-0.05, 0) is 25.1 Å². The first-order chi connectivity index (χ1) is 13.6. The lowest BCUT2D eigenvalue weighted by Gasteiger charge is -2.37. The predicted octanol–water partition coefficient (Wildman–Crippen LogP) is 1.92. The average molecular weight is 514 g/mol. The smallest absolute Gasteiger partial charge is 0.225 e. The maximum atomic E-state index is 12.0. The summed E-state index contributed by atoms with van der Waals surface area (Å²) in [5.74, 6) is 1.03. The third-order valence-electron chi connectivity index (χ3n) is 5.89. The number of carbonyl (C=O) groups is 1. The van der Waals surface area contributed by atoms with Crippen LogP contribution >= 0.6 is 24.0 Å². The molecule has 0 spiro atoms. The Balaban J connectivity index is 0.00000300. The van der Waals surface area contributed by atoms with Gasteiger partial charge >= 0.3 is 0 Å². The summed E-state index contributed by atoms with van der Waals surface area (Å²) in [5, 5.41) is 9.81. The number of benzene rings is 1. The molecule has 2 aliphatic rings. The maximum absolute atomic E-state index is 12.0. The summed E-state index contributed by atoms with van der Waals surface area (Å²) in [4.78, 5) is 21.4. The Morgan fingerprint density at radius 3 is 2.66 bits per heavy atom. The zero-order chi connectivity index (χ0) is 19.9. The number of piperazine rings is 1. The lowest BCUT2D eigenvalue weighted by atomic mass is 9.90. The van der Waals surface area contributed by atoms with Crippen LogP contribution in [0.4, 0.5) is 5.69 Å². The number of nitrogens with one attached hydrogen (secondary N) is 3. The van der Waals surface area contributed by atoms with Crippen molar-refractivity contribution < 1.29 is 4.79 Å². The number of amides is 1. The van der Waals surface area contributed by atoms with E-state index in [1.54, 1.807) is 7.05 Å². The molecular weight excluding hydrogens is 479 g/mol. The molecule has 1 aromatic rings. The molecule has 1 aromatic carbocycles. The summed E-state index contributed by atoms with van der Waals surface area (Å²) in [5.41, 5.74) is 2.11. The minimum absolute atomic E-state index is 0. The van der Waals surface area contributed by atoms with Gasteiger partial charge in [-0.1, -0.05) is 25.1 Å². The van der Waals surface area contributed by atoms with Gasteiger partial charge in [0.1, 0.15) is 0 Å². The molecule has 7 nitrogen and oxygen atoms in total. The minimum atomic E-state index is 0. The number of para-hydroxylation sites is 1. The fourth-order valence-electron chi connectivity index (χ4n) is 4.02. The molecule has 1 saturated heterocycles. The van der Waals surface area contributed by atoms with E-state index in [-0.39, 0.29) is 35.8 Å². The summed E-state index contributed by atoms with van der Waals surface area (Å²) in [6.07, 6.45) is 0.499. The monoisotopic (exact) mass is 514 g/mol. The van der Waals surface area contributed by atoms with Crippen molar-refractivity contribution in [3.05, 3.63) is 29.8 Å². The van der Waals surface area contributed by atoms with Gasteiger partial charge in [-0.25, -0.2) is 0 Å². The molecule has 8 heteroatoms. The molecule has 162 valence electrons. The van der Waals surface area contributed by atoms with Crippen molar-refractivity contribution in [2.24, 2.45) is 4.99 Å². The molecule has 29 heavy (non-hydrogen) atoms. The zero-order valence-corrected chi connectivity index (χ0v) is 20.1. The van der Waals surface area contributed by atoms with E-state index in [1.165, 1.54) is 5.56 Å². The Hall–Kier alpha value is -1.39. The van der Waals surface area contributed by atoms with Crippen molar-refractivity contribution in [3.63, 3.8) is 0 Å². The third-order valence-corrected chi connectivity index (χ3v) is 5.89. The largest absolute Gasteiger partial charge is 0.356 e. The first-order valence-electron chi connectivity index (χ1n) is 10.4. The quantitative estimate of drug-likeness (QED) is 0.308. The van der Waals surface area contributed by atoms with Gasteiger partial charge in [0.05, 0.1) is 0 Å². The molecule has 2 unspecified atom stereocenters. The number of fused-ring (bicyclic) bond motifs is 1. The molecule has 1 fully saturated rings. The standard InChI is InChI=1S/C21H34N6O.HI/c1-4-26-9-11-27(12-10-26)16(2)14-23-21(22-3)24-15-17-13-20(28)25-19-8-6-5-7-18(17)19;/h5-8,16-17H,4,9-15H2,1-3H3,(H,25,28)(H2,22,23,24);1H. The first kappa shape index (κ1) is 23.9. The van der Waals surface area contributed by atoms with Crippen molar-refractivity contribution in [1.82, 2.24) is 20.4 Å². The van der Waals surface area contributed by atoms with Crippen LogP contribution < -0.4 is 16.0 Å². The van der Waals surface area contributed by atoms with Crippen molar-refractivity contribution in [3.8, 4) is 0 Å². The number of carbonyl (C=O) groups excluding carboxylic acids is 1. The van der Waals surface area contributed by atoms with Crippen molar-refractivity contribution >= 4 is 41.5 Å². The summed E-state index contributed by atoms with van der Waals surface area (Å²) in [7, 11) is 1.79. The number of guanidine groups is 1. The van der Waals surface area contributed by atoms with Crippen LogP contribution in [-0.4, -0.2) is 80.6 Å². The molecule has 2 aliphatic heterocycles. The fourth-order valence-corrected chi connectivity index (χ4v) is 4.02. The number of nitrogens with zero attached hydrogens (tertiary/aromatic N) is 3. The van der Waals surface area contributed by atoms with Crippen LogP contribution in [0.2, 0.25) is 0 Å². The summed E-state index contributed by atoms with van der Waals surface area (Å²) >= 11 is 0. The molecule has 1 amide bonds. The molecule has 2 heterocycles. The zero-order valence-electron chi connectivity index (χ0n) is 17.8. The van der Waals surface area contributed by atoms with Gasteiger partial charge in [0.25, 0.3) is 0 Å². The van der Waals surface area contributed by atoms with Crippen LogP contribution in [0.25, 0.3) is 0 Å². The second-order valence-corrected chi connectivity index (χ2v) is 7.69. The van der Waals surface area contributed by atoms with E-state index >= 15 is 0 Å². The van der Waals surface area contributed by atoms with Gasteiger partial charge in [-0.3, -0.25) is 14.7 Å². The third kappa shape index (κ3) is 6.55. The summed E-state index contributed by atoms with van der Waals surface area (Å²) < 4.78 is 0. The van der Waals surface area contributed by atoms with Crippen LogP contribution in [0.15, 0.2) is 29.3 Å². The highest BCUT2D eigenvalue weighted by Gasteiger charge is 2.25. The van der Waals surface area contributed by atoms with Gasteiger partial charge in [0, 0.05) is 70.4 Å². The second kappa shape index (κ2) is 11.7. The molecule has 3 N–H and O–H groups in total. The Kier molecular flexibility index (Phi) is 9.64. The van der Waals surface area contributed by atoms with Crippen LogP contribution in [0, 0.1) is 0 Å². The van der Waals surface area contributed by atoms with E-state index in [9.17, 15) is 4.79 Å². The number of rotatable bonds is 6. The summed E-state index contributed by atoms with van der Waals surface area (Å²) in [6.45, 7) is 11.7. The lowest BCUT2D eigenvalue weighted by Crippen LogP contribution is -2.53. The number of anilines is 1. The highest BCUT2D eigenvalue weighted by Crippen LogP contribution is 2.31. The van der Waals surface area contributed by atoms with Crippen LogP contribution in [-0.2, 0) is 4.79 Å². The number of hydrogen-bond donors (Lipinski definition) is 3. The Labute approximate surface area is 191 Å². The van der Waals surface area contributed by atoms with Gasteiger partial charge in [-0.15, -0.1) is 24.0 Å². The molecule has 0 bridgehead atoms. The van der Waals surface area contributed by atoms with Gasteiger partial charge in [0.2, 0.25) is 5.91 Å². The van der Waals surface area contributed by atoms with E-state index in [2.05, 4.69) is 50.7 Å². The number of likely N-dealkylation sites (N-methyl/N-ethyl adjacent to an activating group) is 1. The SMILES string of the molecule is CCN1CCN(C(C)CNC(=NC)NCC2CC(=O)Nc3ccccc32)CC1.I. The van der Waals surface area contributed by atoms with Crippen LogP contribution in [0.1, 0.15) is 31.7 Å². The first-order valence-corrected chi connectivity index (χ1v) is 10.4. The topological polar surface area (TPSA) is 72.0 Å².